The van der Waals surface area contributed by atoms with Crippen molar-refractivity contribution in [2.45, 2.75) is 19.5 Å². The number of rotatable bonds is 5. The van der Waals surface area contributed by atoms with Gasteiger partial charge in [0.1, 0.15) is 0 Å². The van der Waals surface area contributed by atoms with Crippen LogP contribution in [0.5, 0.6) is 0 Å². The molecule has 3 heteroatoms. The molecule has 14 heavy (non-hydrogen) atoms. The third-order valence-corrected chi connectivity index (χ3v) is 2.39. The van der Waals surface area contributed by atoms with Gasteiger partial charge < -0.3 is 5.32 Å². The number of nitrogens with one attached hydrogen (secondary N) is 1. The Morgan fingerprint density at radius 3 is 2.86 bits per heavy atom. The van der Waals surface area contributed by atoms with E-state index in [0.29, 0.717) is 6.04 Å². The highest BCUT2D eigenvalue weighted by Gasteiger charge is 2.08. The fourth-order valence-corrected chi connectivity index (χ4v) is 1.35. The topological polar surface area (TPSA) is 28.2 Å². The molecule has 3 nitrogen and oxygen atoms in total. The first kappa shape index (κ1) is 11.1. The molecule has 1 atom stereocenters. The maximum Gasteiger partial charge on any atom is 0.0543 e. The van der Waals surface area contributed by atoms with Gasteiger partial charge in [-0.2, -0.15) is 0 Å². The third kappa shape index (κ3) is 3.44. The van der Waals surface area contributed by atoms with Crippen molar-refractivity contribution in [1.82, 2.24) is 15.2 Å². The predicted octanol–water partition coefficient (Wildman–Crippen LogP) is 1.12. The highest BCUT2D eigenvalue weighted by atomic mass is 15.1. The second-order valence-electron chi connectivity index (χ2n) is 3.64. The fraction of sp³-hybridized carbons (Fsp3) is 0.545. The summed E-state index contributed by atoms with van der Waals surface area (Å²) in [6, 6.07) is 6.56. The molecule has 0 bridgehead atoms. The molecule has 0 radical (unpaired) electrons. The first-order valence-corrected chi connectivity index (χ1v) is 4.98. The lowest BCUT2D eigenvalue weighted by atomic mass is 10.2. The van der Waals surface area contributed by atoms with E-state index >= 15 is 0 Å². The third-order valence-electron chi connectivity index (χ3n) is 2.39. The van der Waals surface area contributed by atoms with Gasteiger partial charge in [0.15, 0.2) is 0 Å². The average Bonchev–Trinajstić information content (AvgIpc) is 2.19. The van der Waals surface area contributed by atoms with Gasteiger partial charge in [0.05, 0.1) is 5.69 Å². The lowest BCUT2D eigenvalue weighted by Gasteiger charge is -2.23. The average molecular weight is 193 g/mol. The summed E-state index contributed by atoms with van der Waals surface area (Å²) in [5, 5.41) is 3.17. The van der Waals surface area contributed by atoms with E-state index in [1.807, 2.05) is 25.4 Å². The second-order valence-corrected chi connectivity index (χ2v) is 3.64. The van der Waals surface area contributed by atoms with Crippen LogP contribution in [0.2, 0.25) is 0 Å². The zero-order valence-corrected chi connectivity index (χ0v) is 9.20. The van der Waals surface area contributed by atoms with E-state index < -0.39 is 0 Å². The van der Waals surface area contributed by atoms with Gasteiger partial charge in [-0.1, -0.05) is 6.07 Å². The molecule has 0 aromatic carbocycles. The maximum atomic E-state index is 4.30. The van der Waals surface area contributed by atoms with Crippen LogP contribution in [-0.2, 0) is 6.54 Å². The van der Waals surface area contributed by atoms with Crippen molar-refractivity contribution >= 4 is 0 Å². The summed E-state index contributed by atoms with van der Waals surface area (Å²) in [7, 11) is 4.10. The SMILES string of the molecule is CNCC(C)N(C)Cc1ccccn1. The summed E-state index contributed by atoms with van der Waals surface area (Å²) in [6.45, 7) is 4.12. The first-order chi connectivity index (χ1) is 6.74. The minimum Gasteiger partial charge on any atom is -0.318 e. The molecule has 1 unspecified atom stereocenters. The summed E-state index contributed by atoms with van der Waals surface area (Å²) < 4.78 is 0. The summed E-state index contributed by atoms with van der Waals surface area (Å²) >= 11 is 0. The van der Waals surface area contributed by atoms with Gasteiger partial charge in [-0.25, -0.2) is 0 Å². The molecule has 0 spiro atoms. The highest BCUT2D eigenvalue weighted by molar-refractivity contribution is 5.03. The Labute approximate surface area is 86.2 Å². The van der Waals surface area contributed by atoms with E-state index in [1.165, 1.54) is 0 Å². The van der Waals surface area contributed by atoms with Crippen LogP contribution in [0, 0.1) is 0 Å². The van der Waals surface area contributed by atoms with Crippen LogP contribution in [0.15, 0.2) is 24.4 Å². The van der Waals surface area contributed by atoms with Crippen LogP contribution in [0.3, 0.4) is 0 Å². The van der Waals surface area contributed by atoms with E-state index in [4.69, 9.17) is 0 Å². The Morgan fingerprint density at radius 2 is 2.29 bits per heavy atom. The molecule has 0 saturated carbocycles. The number of nitrogens with zero attached hydrogens (tertiary/aromatic N) is 2. The number of hydrogen-bond donors (Lipinski definition) is 1. The molecule has 1 rings (SSSR count). The second kappa shape index (κ2) is 5.73. The molecule has 0 aliphatic heterocycles. The molecule has 0 aliphatic carbocycles. The molecular weight excluding hydrogens is 174 g/mol. The van der Waals surface area contributed by atoms with Gasteiger partial charge in [0.2, 0.25) is 0 Å². The van der Waals surface area contributed by atoms with Crippen molar-refractivity contribution in [1.29, 1.82) is 0 Å². The summed E-state index contributed by atoms with van der Waals surface area (Å²) in [5.41, 5.74) is 1.12. The largest absolute Gasteiger partial charge is 0.318 e. The number of likely N-dealkylation sites (N-methyl/N-ethyl adjacent to an activating group) is 2. The molecule has 0 saturated heterocycles. The molecule has 1 aromatic heterocycles. The summed E-state index contributed by atoms with van der Waals surface area (Å²) in [6.07, 6.45) is 1.84. The fourth-order valence-electron chi connectivity index (χ4n) is 1.35. The zero-order valence-electron chi connectivity index (χ0n) is 9.20. The Bertz CT molecular complexity index is 248. The van der Waals surface area contributed by atoms with Crippen molar-refractivity contribution in [3.05, 3.63) is 30.1 Å². The van der Waals surface area contributed by atoms with E-state index in [-0.39, 0.29) is 0 Å². The van der Waals surface area contributed by atoms with Gasteiger partial charge in [0.25, 0.3) is 0 Å². The van der Waals surface area contributed by atoms with Gasteiger partial charge >= 0.3 is 0 Å². The maximum absolute atomic E-state index is 4.30. The summed E-state index contributed by atoms with van der Waals surface area (Å²) in [5.74, 6) is 0. The van der Waals surface area contributed by atoms with E-state index in [1.54, 1.807) is 0 Å². The van der Waals surface area contributed by atoms with Crippen LogP contribution in [0.25, 0.3) is 0 Å². The quantitative estimate of drug-likeness (QED) is 0.759. The lowest BCUT2D eigenvalue weighted by molar-refractivity contribution is 0.243. The van der Waals surface area contributed by atoms with Crippen molar-refractivity contribution in [2.75, 3.05) is 20.6 Å². The summed E-state index contributed by atoms with van der Waals surface area (Å²) in [4.78, 5) is 6.59. The highest BCUT2D eigenvalue weighted by Crippen LogP contribution is 2.02. The van der Waals surface area contributed by atoms with Gasteiger partial charge in [0, 0.05) is 25.3 Å². The van der Waals surface area contributed by atoms with Crippen molar-refractivity contribution < 1.29 is 0 Å². The molecule has 0 fully saturated rings. The molecular formula is C11H19N3. The monoisotopic (exact) mass is 193 g/mol. The normalized spacial score (nSPS) is 13.1. The number of aromatic nitrogens is 1. The number of hydrogen-bond acceptors (Lipinski definition) is 3. The van der Waals surface area contributed by atoms with Gasteiger partial charge in [-0.3, -0.25) is 9.88 Å². The lowest BCUT2D eigenvalue weighted by Crippen LogP contribution is -2.36. The van der Waals surface area contributed by atoms with Crippen LogP contribution < -0.4 is 5.32 Å². The molecule has 1 aromatic rings. The Hall–Kier alpha value is -0.930. The van der Waals surface area contributed by atoms with Crippen molar-refractivity contribution in [3.63, 3.8) is 0 Å². The molecule has 0 aliphatic rings. The zero-order chi connectivity index (χ0) is 10.4. The Morgan fingerprint density at radius 1 is 1.50 bits per heavy atom. The van der Waals surface area contributed by atoms with Crippen molar-refractivity contribution in [3.8, 4) is 0 Å². The van der Waals surface area contributed by atoms with Crippen LogP contribution in [-0.4, -0.2) is 36.6 Å². The van der Waals surface area contributed by atoms with Crippen LogP contribution >= 0.6 is 0 Å². The Kier molecular flexibility index (Phi) is 4.56. The molecule has 0 amide bonds. The van der Waals surface area contributed by atoms with Gasteiger partial charge in [-0.15, -0.1) is 0 Å². The first-order valence-electron chi connectivity index (χ1n) is 4.98. The van der Waals surface area contributed by atoms with Crippen LogP contribution in [0.1, 0.15) is 12.6 Å². The van der Waals surface area contributed by atoms with E-state index in [9.17, 15) is 0 Å². The molecule has 78 valence electrons. The van der Waals surface area contributed by atoms with E-state index in [0.717, 1.165) is 18.8 Å². The van der Waals surface area contributed by atoms with E-state index in [2.05, 4.69) is 35.2 Å². The minimum atomic E-state index is 0.530. The molecule has 1 N–H and O–H groups in total. The number of pyridine rings is 1. The van der Waals surface area contributed by atoms with Gasteiger partial charge in [-0.05, 0) is 33.2 Å². The molecule has 1 heterocycles. The smallest absolute Gasteiger partial charge is 0.0543 e. The standard InChI is InChI=1S/C11H19N3/c1-10(8-12-2)14(3)9-11-6-4-5-7-13-11/h4-7,10,12H,8-9H2,1-3H3. The van der Waals surface area contributed by atoms with Crippen LogP contribution in [0.4, 0.5) is 0 Å². The predicted molar refractivity (Wildman–Crippen MR) is 59.1 cm³/mol. The van der Waals surface area contributed by atoms with Crippen molar-refractivity contribution in [2.24, 2.45) is 0 Å². The minimum absolute atomic E-state index is 0.530. The Balaban J connectivity index is 2.44.